The molecular formula is C23H26BrP. The molecule has 0 aliphatic heterocycles. The van der Waals surface area contributed by atoms with Crippen LogP contribution in [0.25, 0.3) is 0 Å². The Balaban J connectivity index is 2.31. The van der Waals surface area contributed by atoms with Gasteiger partial charge in [-0.15, -0.1) is 0 Å². The van der Waals surface area contributed by atoms with Gasteiger partial charge in [0.1, 0.15) is 0 Å². The summed E-state index contributed by atoms with van der Waals surface area (Å²) in [6, 6.07) is 33.3. The third kappa shape index (κ3) is 3.73. The summed E-state index contributed by atoms with van der Waals surface area (Å²) in [5, 5.41) is 4.40. The second-order valence-electron chi connectivity index (χ2n) is 7.00. The molecule has 0 saturated heterocycles. The van der Waals surface area contributed by atoms with Crippen LogP contribution in [-0.2, 0) is 0 Å². The summed E-state index contributed by atoms with van der Waals surface area (Å²) in [6.45, 7) is 4.63. The maximum absolute atomic E-state index is 4.17. The van der Waals surface area contributed by atoms with Crippen LogP contribution in [0.15, 0.2) is 91.0 Å². The number of alkyl halides is 1. The Morgan fingerprint density at radius 3 is 1.24 bits per heavy atom. The van der Waals surface area contributed by atoms with Crippen molar-refractivity contribution in [1.29, 1.82) is 0 Å². The van der Waals surface area contributed by atoms with E-state index in [-0.39, 0.29) is 0 Å². The van der Waals surface area contributed by atoms with Crippen molar-refractivity contribution in [1.82, 2.24) is 0 Å². The zero-order valence-electron chi connectivity index (χ0n) is 14.9. The minimum atomic E-state index is -2.17. The van der Waals surface area contributed by atoms with Gasteiger partial charge in [0.2, 0.25) is 0 Å². The van der Waals surface area contributed by atoms with Crippen molar-refractivity contribution >= 4 is 39.1 Å². The first kappa shape index (κ1) is 18.4. The molecule has 0 nitrogen and oxygen atoms in total. The molecule has 0 aliphatic rings. The van der Waals surface area contributed by atoms with Crippen molar-refractivity contribution in [3.8, 4) is 0 Å². The fourth-order valence-electron chi connectivity index (χ4n) is 3.74. The Kier molecular flexibility index (Phi) is 6.10. The van der Waals surface area contributed by atoms with Crippen LogP contribution in [0.2, 0.25) is 0 Å². The minimum absolute atomic E-state index is 0.437. The van der Waals surface area contributed by atoms with E-state index >= 15 is 0 Å². The molecule has 0 N–H and O–H groups in total. The van der Waals surface area contributed by atoms with Crippen LogP contribution in [-0.4, -0.2) is 4.57 Å². The fraction of sp³-hybridized carbons (Fsp3) is 0.217. The SMILES string of the molecule is CC(C)CC(Br)[PH](c1ccccc1)(c1ccccc1)c1ccccc1. The number of benzene rings is 3. The molecule has 3 aromatic carbocycles. The second-order valence-corrected chi connectivity index (χ2v) is 13.0. The summed E-state index contributed by atoms with van der Waals surface area (Å²) >= 11 is 4.17. The molecule has 1 unspecified atom stereocenters. The molecule has 3 aromatic rings. The average molecular weight is 413 g/mol. The standard InChI is InChI=1S/C23H26BrP/c1-19(2)18-23(24)25(20-12-6-3-7-13-20,21-14-8-4-9-15-21)22-16-10-5-11-17-22/h3-17,19,23,25H,18H2,1-2H3. The Bertz CT molecular complexity index is 672. The van der Waals surface area contributed by atoms with Crippen LogP contribution >= 0.6 is 23.2 Å². The third-order valence-electron chi connectivity index (χ3n) is 4.84. The van der Waals surface area contributed by atoms with Crippen LogP contribution in [0.1, 0.15) is 20.3 Å². The van der Waals surface area contributed by atoms with Crippen molar-refractivity contribution in [3.05, 3.63) is 91.0 Å². The van der Waals surface area contributed by atoms with Crippen LogP contribution in [0.4, 0.5) is 0 Å². The fourth-order valence-corrected chi connectivity index (χ4v) is 11.9. The third-order valence-corrected chi connectivity index (χ3v) is 12.2. The topological polar surface area (TPSA) is 0 Å². The summed E-state index contributed by atoms with van der Waals surface area (Å²) < 4.78 is 0.437. The summed E-state index contributed by atoms with van der Waals surface area (Å²) in [7, 11) is -2.17. The van der Waals surface area contributed by atoms with Gasteiger partial charge in [-0.25, -0.2) is 0 Å². The average Bonchev–Trinajstić information content (AvgIpc) is 2.64. The molecule has 3 rings (SSSR count). The van der Waals surface area contributed by atoms with E-state index in [2.05, 4.69) is 121 Å². The quantitative estimate of drug-likeness (QED) is 0.371. The van der Waals surface area contributed by atoms with E-state index in [4.69, 9.17) is 0 Å². The molecule has 2 heteroatoms. The first-order valence-corrected chi connectivity index (χ1v) is 12.0. The van der Waals surface area contributed by atoms with Crippen LogP contribution in [0.5, 0.6) is 0 Å². The Labute approximate surface area is 160 Å². The van der Waals surface area contributed by atoms with Gasteiger partial charge in [0, 0.05) is 0 Å². The van der Waals surface area contributed by atoms with Crippen LogP contribution in [0, 0.1) is 5.92 Å². The van der Waals surface area contributed by atoms with Gasteiger partial charge in [-0.3, -0.25) is 0 Å². The van der Waals surface area contributed by atoms with Gasteiger partial charge in [-0.2, -0.15) is 0 Å². The van der Waals surface area contributed by atoms with E-state index < -0.39 is 7.26 Å². The molecule has 0 aliphatic carbocycles. The van der Waals surface area contributed by atoms with Crippen molar-refractivity contribution in [3.63, 3.8) is 0 Å². The van der Waals surface area contributed by atoms with Crippen molar-refractivity contribution in [2.24, 2.45) is 5.92 Å². The van der Waals surface area contributed by atoms with Gasteiger partial charge in [-0.1, -0.05) is 0 Å². The van der Waals surface area contributed by atoms with Gasteiger partial charge in [0.25, 0.3) is 0 Å². The number of hydrogen-bond donors (Lipinski definition) is 0. The van der Waals surface area contributed by atoms with E-state index in [1.165, 1.54) is 15.9 Å². The van der Waals surface area contributed by atoms with Crippen molar-refractivity contribution in [2.75, 3.05) is 0 Å². The molecule has 0 radical (unpaired) electrons. The molecule has 0 amide bonds. The van der Waals surface area contributed by atoms with Gasteiger partial charge in [0.15, 0.2) is 0 Å². The van der Waals surface area contributed by atoms with Gasteiger partial charge in [-0.05, 0) is 0 Å². The van der Waals surface area contributed by atoms with Crippen molar-refractivity contribution in [2.45, 2.75) is 24.8 Å². The molecule has 0 fully saturated rings. The second kappa shape index (κ2) is 8.30. The van der Waals surface area contributed by atoms with E-state index in [9.17, 15) is 0 Å². The first-order chi connectivity index (χ1) is 12.2. The monoisotopic (exact) mass is 412 g/mol. The van der Waals surface area contributed by atoms with Gasteiger partial charge < -0.3 is 0 Å². The number of hydrogen-bond acceptors (Lipinski definition) is 0. The van der Waals surface area contributed by atoms with Gasteiger partial charge >= 0.3 is 161 Å². The molecule has 0 aromatic heterocycles. The molecule has 0 heterocycles. The predicted molar refractivity (Wildman–Crippen MR) is 119 cm³/mol. The summed E-state index contributed by atoms with van der Waals surface area (Å²) in [5.41, 5.74) is 0. The molecule has 130 valence electrons. The molecule has 25 heavy (non-hydrogen) atoms. The number of rotatable bonds is 6. The van der Waals surface area contributed by atoms with E-state index in [1.54, 1.807) is 0 Å². The summed E-state index contributed by atoms with van der Waals surface area (Å²) in [6.07, 6.45) is 1.16. The Morgan fingerprint density at radius 1 is 0.640 bits per heavy atom. The molecule has 0 bridgehead atoms. The van der Waals surface area contributed by atoms with Crippen molar-refractivity contribution < 1.29 is 0 Å². The predicted octanol–water partition coefficient (Wildman–Crippen LogP) is 5.48. The zero-order chi connectivity index (χ0) is 17.7. The first-order valence-electron chi connectivity index (χ1n) is 8.96. The molecule has 0 saturated carbocycles. The summed E-state index contributed by atoms with van der Waals surface area (Å²) in [5.74, 6) is 0.646. The van der Waals surface area contributed by atoms with E-state index in [0.717, 1.165) is 6.42 Å². The number of halogens is 1. The molecule has 1 atom stereocenters. The summed E-state index contributed by atoms with van der Waals surface area (Å²) in [4.78, 5) is 0. The zero-order valence-corrected chi connectivity index (χ0v) is 17.5. The van der Waals surface area contributed by atoms with Crippen LogP contribution < -0.4 is 15.9 Å². The molecule has 0 spiro atoms. The van der Waals surface area contributed by atoms with Gasteiger partial charge in [0.05, 0.1) is 0 Å². The van der Waals surface area contributed by atoms with E-state index in [0.29, 0.717) is 10.5 Å². The normalized spacial score (nSPS) is 13.6. The van der Waals surface area contributed by atoms with Crippen LogP contribution in [0.3, 0.4) is 0 Å². The Morgan fingerprint density at radius 2 is 0.960 bits per heavy atom. The maximum atomic E-state index is 4.17. The Hall–Kier alpha value is -1.43. The molecular weight excluding hydrogens is 387 g/mol. The van der Waals surface area contributed by atoms with E-state index in [1.807, 2.05) is 0 Å².